The molecule has 3 aromatic rings. The predicted octanol–water partition coefficient (Wildman–Crippen LogP) is 3.78. The van der Waals surface area contributed by atoms with Gasteiger partial charge in [-0.2, -0.15) is 13.2 Å². The minimum absolute atomic E-state index is 0.0102. The van der Waals surface area contributed by atoms with Gasteiger partial charge in [0.25, 0.3) is 11.8 Å². The van der Waals surface area contributed by atoms with Gasteiger partial charge in [0.15, 0.2) is 12.4 Å². The summed E-state index contributed by atoms with van der Waals surface area (Å²) in [5.41, 5.74) is 0.886. The van der Waals surface area contributed by atoms with Crippen molar-refractivity contribution in [1.82, 2.24) is 19.7 Å². The molecule has 0 aliphatic carbocycles. The van der Waals surface area contributed by atoms with Crippen molar-refractivity contribution in [2.45, 2.75) is 45.3 Å². The largest absolute Gasteiger partial charge is 0.478 e. The molecule has 9 nitrogen and oxygen atoms in total. The lowest BCUT2D eigenvalue weighted by atomic mass is 9.94. The second-order valence-electron chi connectivity index (χ2n) is 9.07. The number of fused-ring (bicyclic) bond motifs is 1. The molecule has 0 aromatic carbocycles. The minimum atomic E-state index is -4.52. The zero-order chi connectivity index (χ0) is 26.3. The molecule has 194 valence electrons. The van der Waals surface area contributed by atoms with Gasteiger partial charge in [-0.25, -0.2) is 18.4 Å². The number of imidazole rings is 1. The molecule has 13 heteroatoms. The van der Waals surface area contributed by atoms with E-state index in [1.165, 1.54) is 12.3 Å². The van der Waals surface area contributed by atoms with Crippen molar-refractivity contribution >= 4 is 21.4 Å². The molecule has 36 heavy (non-hydrogen) atoms. The van der Waals surface area contributed by atoms with Crippen LogP contribution < -0.4 is 14.8 Å². The van der Waals surface area contributed by atoms with Gasteiger partial charge in [-0.1, -0.05) is 0 Å². The van der Waals surface area contributed by atoms with Gasteiger partial charge in [-0.3, -0.25) is 9.20 Å². The molecule has 4 heterocycles. The van der Waals surface area contributed by atoms with E-state index >= 15 is 0 Å². The summed E-state index contributed by atoms with van der Waals surface area (Å²) in [6.45, 7) is 3.59. The first-order valence-electron chi connectivity index (χ1n) is 11.1. The fourth-order valence-corrected chi connectivity index (χ4v) is 5.63. The molecule has 1 aliphatic heterocycles. The number of aryl methyl sites for hydroxylation is 2. The number of rotatable bonds is 6. The zero-order valence-corrected chi connectivity index (χ0v) is 20.7. The second-order valence-corrected chi connectivity index (χ2v) is 11.4. The highest BCUT2D eigenvalue weighted by molar-refractivity contribution is 7.91. The van der Waals surface area contributed by atoms with Crippen LogP contribution in [-0.2, 0) is 9.84 Å². The number of hydrogen-bond acceptors (Lipinski definition) is 7. The van der Waals surface area contributed by atoms with Crippen LogP contribution in [0, 0.1) is 13.8 Å². The summed E-state index contributed by atoms with van der Waals surface area (Å²) >= 11 is 0. The molecule has 1 amide bonds. The molecular formula is C23H25F3N4O5S. The normalized spacial score (nSPS) is 17.1. The Balaban J connectivity index is 1.56. The predicted molar refractivity (Wildman–Crippen MR) is 124 cm³/mol. The van der Waals surface area contributed by atoms with Crippen molar-refractivity contribution in [2.24, 2.45) is 0 Å². The summed E-state index contributed by atoms with van der Waals surface area (Å²) in [7, 11) is -3.09. The van der Waals surface area contributed by atoms with E-state index in [-0.39, 0.29) is 34.6 Å². The van der Waals surface area contributed by atoms with Crippen molar-refractivity contribution in [3.8, 4) is 17.4 Å². The van der Waals surface area contributed by atoms with Crippen molar-refractivity contribution < 1.29 is 35.9 Å². The number of carbonyl (C=O) groups excluding carboxylic acids is 1. The van der Waals surface area contributed by atoms with E-state index in [0.717, 1.165) is 0 Å². The zero-order valence-electron chi connectivity index (χ0n) is 19.8. The number of amides is 1. The average molecular weight is 527 g/mol. The highest BCUT2D eigenvalue weighted by atomic mass is 32.2. The number of carbonyl (C=O) groups is 1. The number of ether oxygens (including phenoxy) is 2. The van der Waals surface area contributed by atoms with Crippen LogP contribution in [0.15, 0.2) is 30.6 Å². The molecule has 3 aromatic heterocycles. The van der Waals surface area contributed by atoms with Crippen LogP contribution >= 0.6 is 0 Å². The maximum Gasteiger partial charge on any atom is 0.422 e. The van der Waals surface area contributed by atoms with Crippen LogP contribution in [0.25, 0.3) is 5.65 Å². The Morgan fingerprint density at radius 2 is 1.89 bits per heavy atom. The SMILES string of the molecule is Cc1ccnc(Oc2ccc3nc(C(=O)NC4(C)CCS(=O)(=O)CC4)c(C)n3c2)c1OCC(F)(F)F. The van der Waals surface area contributed by atoms with Gasteiger partial charge in [-0.05, 0) is 57.4 Å². The van der Waals surface area contributed by atoms with Gasteiger partial charge >= 0.3 is 6.18 Å². The number of sulfone groups is 1. The number of alkyl halides is 3. The van der Waals surface area contributed by atoms with Crippen molar-refractivity contribution in [3.05, 3.63) is 47.5 Å². The van der Waals surface area contributed by atoms with E-state index in [4.69, 9.17) is 9.47 Å². The maximum atomic E-state index is 13.0. The van der Waals surface area contributed by atoms with E-state index in [1.807, 2.05) is 6.92 Å². The fourth-order valence-electron chi connectivity index (χ4n) is 3.90. The van der Waals surface area contributed by atoms with Crippen LogP contribution in [0.3, 0.4) is 0 Å². The van der Waals surface area contributed by atoms with E-state index in [1.54, 1.807) is 36.6 Å². The Morgan fingerprint density at radius 3 is 2.56 bits per heavy atom. The van der Waals surface area contributed by atoms with Crippen LogP contribution in [0.4, 0.5) is 13.2 Å². The molecule has 0 bridgehead atoms. The molecule has 0 atom stereocenters. The third-order valence-electron chi connectivity index (χ3n) is 6.05. The smallest absolute Gasteiger partial charge is 0.422 e. The number of nitrogens with one attached hydrogen (secondary N) is 1. The first-order chi connectivity index (χ1) is 16.8. The summed E-state index contributed by atoms with van der Waals surface area (Å²) in [6, 6.07) is 4.66. The lowest BCUT2D eigenvalue weighted by Gasteiger charge is -2.34. The minimum Gasteiger partial charge on any atom is -0.478 e. The van der Waals surface area contributed by atoms with Crippen molar-refractivity contribution in [2.75, 3.05) is 18.1 Å². The Labute approximate surface area is 205 Å². The third-order valence-corrected chi connectivity index (χ3v) is 7.71. The topological polar surface area (TPSA) is 112 Å². The monoisotopic (exact) mass is 526 g/mol. The molecule has 1 fully saturated rings. The molecule has 0 saturated carbocycles. The summed E-state index contributed by atoms with van der Waals surface area (Å²) in [4.78, 5) is 21.4. The quantitative estimate of drug-likeness (QED) is 0.520. The molecule has 0 spiro atoms. The van der Waals surface area contributed by atoms with Gasteiger partial charge < -0.3 is 14.8 Å². The highest BCUT2D eigenvalue weighted by Crippen LogP contribution is 2.34. The molecular weight excluding hydrogens is 501 g/mol. The molecule has 0 unspecified atom stereocenters. The second kappa shape index (κ2) is 9.26. The van der Waals surface area contributed by atoms with E-state index in [9.17, 15) is 26.4 Å². The lowest BCUT2D eigenvalue weighted by molar-refractivity contribution is -0.153. The molecule has 4 rings (SSSR count). The van der Waals surface area contributed by atoms with Crippen LogP contribution in [0.5, 0.6) is 17.4 Å². The third kappa shape index (κ3) is 5.72. The Hall–Kier alpha value is -3.35. The number of pyridine rings is 2. The number of aromatic nitrogens is 3. The number of hydrogen-bond donors (Lipinski definition) is 1. The fraction of sp³-hybridized carbons (Fsp3) is 0.435. The summed E-state index contributed by atoms with van der Waals surface area (Å²) < 4.78 is 73.8. The Bertz CT molecular complexity index is 1410. The number of halogens is 3. The van der Waals surface area contributed by atoms with Gasteiger partial charge in [-0.15, -0.1) is 0 Å². The average Bonchev–Trinajstić information content (AvgIpc) is 3.11. The van der Waals surface area contributed by atoms with Crippen molar-refractivity contribution in [1.29, 1.82) is 0 Å². The standard InChI is InChI=1S/C23H25F3N4O5S/c1-14-6-9-27-21(19(14)34-13-23(24,25)26)35-16-4-5-17-28-18(15(2)30(17)12-16)20(31)29-22(3)7-10-36(32,33)11-8-22/h4-6,9,12H,7-8,10-11,13H2,1-3H3,(H,29,31). The molecule has 1 N–H and O–H groups in total. The summed E-state index contributed by atoms with van der Waals surface area (Å²) in [6.07, 6.45) is -0.958. The number of nitrogens with zero attached hydrogens (tertiary/aromatic N) is 3. The molecule has 1 saturated heterocycles. The van der Waals surface area contributed by atoms with E-state index in [0.29, 0.717) is 29.7 Å². The summed E-state index contributed by atoms with van der Waals surface area (Å²) in [5.74, 6) is -0.417. The maximum absolute atomic E-state index is 13.0. The lowest BCUT2D eigenvalue weighted by Crippen LogP contribution is -2.51. The van der Waals surface area contributed by atoms with Crippen molar-refractivity contribution in [3.63, 3.8) is 0 Å². The van der Waals surface area contributed by atoms with Gasteiger partial charge in [0.05, 0.1) is 23.4 Å². The van der Waals surface area contributed by atoms with Crippen LogP contribution in [0.2, 0.25) is 0 Å². The first kappa shape index (κ1) is 25.7. The Morgan fingerprint density at radius 1 is 1.19 bits per heavy atom. The first-order valence-corrected chi connectivity index (χ1v) is 12.9. The van der Waals surface area contributed by atoms with Crippen LogP contribution in [0.1, 0.15) is 41.5 Å². The van der Waals surface area contributed by atoms with Gasteiger partial charge in [0.1, 0.15) is 26.9 Å². The van der Waals surface area contributed by atoms with E-state index in [2.05, 4.69) is 15.3 Å². The summed E-state index contributed by atoms with van der Waals surface area (Å²) in [5, 5.41) is 2.92. The van der Waals surface area contributed by atoms with Gasteiger partial charge in [0.2, 0.25) is 0 Å². The highest BCUT2D eigenvalue weighted by Gasteiger charge is 2.35. The van der Waals surface area contributed by atoms with E-state index < -0.39 is 34.1 Å². The molecule has 0 radical (unpaired) electrons. The Kier molecular flexibility index (Phi) is 6.62. The molecule has 1 aliphatic rings. The van der Waals surface area contributed by atoms with Crippen LogP contribution in [-0.4, -0.2) is 58.5 Å². The van der Waals surface area contributed by atoms with Gasteiger partial charge in [0, 0.05) is 11.7 Å².